The second-order valence-electron chi connectivity index (χ2n) is 24.0. The summed E-state index contributed by atoms with van der Waals surface area (Å²) in [5.74, 6) is -1.20. The van der Waals surface area contributed by atoms with Gasteiger partial charge in [0, 0.05) is 74.5 Å². The van der Waals surface area contributed by atoms with E-state index < -0.39 is 40.5 Å². The number of quaternary nitrogens is 1. The van der Waals surface area contributed by atoms with Crippen molar-refractivity contribution in [2.24, 2.45) is 5.73 Å². The van der Waals surface area contributed by atoms with Crippen molar-refractivity contribution in [1.82, 2.24) is 15.0 Å². The fourth-order valence-corrected chi connectivity index (χ4v) is 13.4. The minimum Gasteiger partial charge on any atom is -0.595 e. The van der Waals surface area contributed by atoms with Crippen molar-refractivity contribution < 1.29 is 47.5 Å². The van der Waals surface area contributed by atoms with Crippen LogP contribution in [0, 0.1) is 22.7 Å². The zero-order chi connectivity index (χ0) is 69.6. The highest BCUT2D eigenvalue weighted by molar-refractivity contribution is 7.23. The van der Waals surface area contributed by atoms with Crippen LogP contribution < -0.4 is 38.4 Å². The Hall–Kier alpha value is -9.11. The monoisotopic (exact) mass is 1460 g/mol. The van der Waals surface area contributed by atoms with Gasteiger partial charge in [-0.25, -0.2) is 47.7 Å². The van der Waals surface area contributed by atoms with Gasteiger partial charge in [-0.1, -0.05) is 142 Å². The lowest BCUT2D eigenvalue weighted by atomic mass is 9.97. The molecule has 1 unspecified atom stereocenters. The number of carbonyl (C=O) groups is 3. The number of amides is 4. The first kappa shape index (κ1) is 73.1. The molecule has 506 valence electrons. The fourth-order valence-electron chi connectivity index (χ4n) is 10.2. The van der Waals surface area contributed by atoms with Gasteiger partial charge in [0.15, 0.2) is 21.1 Å². The predicted octanol–water partition coefficient (Wildman–Crippen LogP) is 19.2. The Labute approximate surface area is 594 Å². The van der Waals surface area contributed by atoms with Gasteiger partial charge in [0.2, 0.25) is 0 Å². The van der Waals surface area contributed by atoms with Gasteiger partial charge in [0.05, 0.1) is 30.6 Å². The standard InChI is InChI=1S/C25H23ClFN3O4S.C25H23ClFN3O2S.C21H16ClFN4OS.ClH/c1-25(2,3)34-24(31)29-23-28-22-19(35-23)13-16(11-14-7-9-18(10-8-14)30(32)33)21(27)20(22)15-5-4-6-17(26)12-15;1-25(2,3)32-24(31)30-23-29-22-19(33-23)13-16(11-14-7-9-18(28)10-8-14)21(27)20(22)15-5-4-6-17(26)12-15;22-14-3-1-2-12(9-14)17-18(23)13(10-16-19(17)27-21(25)29-16)8-11-4-6-15(7-5-11)26-20(24)28;/h4-10,12-13,30,32H,11H2,1-3H3,(H,28,29,31);4-10,12-13H,11,28H2,1-3H3,(H,29,30,31);1-7,9-10H,8H2,(H2,25,27)(H3,24,26,28);1H. The predicted molar refractivity (Wildman–Crippen MR) is 393 cm³/mol. The van der Waals surface area contributed by atoms with Crippen molar-refractivity contribution in [1.29, 1.82) is 0 Å². The number of thiazole rings is 3. The second-order valence-corrected chi connectivity index (χ2v) is 28.5. The van der Waals surface area contributed by atoms with Crippen molar-refractivity contribution in [3.8, 4) is 33.4 Å². The van der Waals surface area contributed by atoms with Crippen LogP contribution in [-0.2, 0) is 28.7 Å². The number of anilines is 5. The summed E-state index contributed by atoms with van der Waals surface area (Å²) in [6.07, 6.45) is -0.289. The number of aromatic nitrogens is 3. The minimum absolute atomic E-state index is 0. The molecule has 0 bridgehead atoms. The normalized spacial score (nSPS) is 11.6. The molecule has 9 aromatic carbocycles. The lowest BCUT2D eigenvalue weighted by Gasteiger charge is -2.18. The maximum Gasteiger partial charge on any atom is 0.413 e. The average Bonchev–Trinajstić information content (AvgIpc) is 1.54. The summed E-state index contributed by atoms with van der Waals surface area (Å²) in [4.78, 5) is 48.8. The number of primary amides is 1. The molecule has 11 N–H and O–H groups in total. The number of benzene rings is 9. The Kier molecular flexibility index (Phi) is 23.3. The zero-order valence-corrected chi connectivity index (χ0v) is 58.6. The van der Waals surface area contributed by atoms with E-state index in [2.05, 4.69) is 30.9 Å². The number of nitrogens with zero attached hydrogens (tertiary/aromatic N) is 3. The maximum absolute atomic E-state index is 15.9. The van der Waals surface area contributed by atoms with Crippen molar-refractivity contribution in [3.63, 3.8) is 0 Å². The molecule has 0 saturated carbocycles. The molecule has 1 atom stereocenters. The molecular formula is C71H63Cl4F3N10O7S3. The molecule has 0 radical (unpaired) electrons. The first-order valence-electron chi connectivity index (χ1n) is 29.7. The molecule has 0 fully saturated rings. The molecule has 27 heteroatoms. The van der Waals surface area contributed by atoms with Gasteiger partial charge < -0.3 is 37.2 Å². The molecule has 98 heavy (non-hydrogen) atoms. The van der Waals surface area contributed by atoms with Crippen LogP contribution in [0.1, 0.15) is 74.9 Å². The zero-order valence-electron chi connectivity index (χ0n) is 53.1. The summed E-state index contributed by atoms with van der Waals surface area (Å²) >= 11 is 22.3. The quantitative estimate of drug-likeness (QED) is 0.0396. The molecule has 0 saturated heterocycles. The number of carbonyl (C=O) groups excluding carboxylic acids is 3. The van der Waals surface area contributed by atoms with Gasteiger partial charge in [-0.3, -0.25) is 10.6 Å². The summed E-state index contributed by atoms with van der Waals surface area (Å²) in [6, 6.07) is 46.2. The van der Waals surface area contributed by atoms with Crippen LogP contribution in [0.15, 0.2) is 164 Å². The van der Waals surface area contributed by atoms with Gasteiger partial charge in [0.1, 0.15) is 28.7 Å². The molecule has 4 amide bonds. The SMILES string of the molecule is CC(C)(C)OC(=O)Nc1nc2c(-c3cccc(Cl)c3)c(F)c(Cc3ccc(N)cc3)cc2s1.CC(C)(C)OC(=O)Nc1nc2c(-c3cccc(Cl)c3)c(F)c(Cc3ccc([NH+]([O-])O)cc3)cc2s1.Cl.NC(=O)Nc1ccc(Cc2cc3sc(N)nc3c(-c3cccc(Cl)c3)c2F)cc1. The highest BCUT2D eigenvalue weighted by Gasteiger charge is 2.26. The van der Waals surface area contributed by atoms with E-state index in [9.17, 15) is 19.6 Å². The van der Waals surface area contributed by atoms with Crippen LogP contribution in [0.4, 0.5) is 60.0 Å². The fraction of sp³-hybridized carbons (Fsp3) is 0.155. The molecule has 12 aromatic rings. The third kappa shape index (κ3) is 18.8. The van der Waals surface area contributed by atoms with E-state index in [-0.39, 0.29) is 46.8 Å². The molecule has 3 aromatic heterocycles. The lowest BCUT2D eigenvalue weighted by molar-refractivity contribution is -0.991. The third-order valence-electron chi connectivity index (χ3n) is 14.2. The van der Waals surface area contributed by atoms with Crippen LogP contribution in [0.3, 0.4) is 0 Å². The first-order valence-corrected chi connectivity index (χ1v) is 33.3. The average molecular weight is 1460 g/mol. The number of nitrogens with one attached hydrogen (secondary N) is 4. The Bertz CT molecular complexity index is 4920. The number of nitrogens with two attached hydrogens (primary N) is 3. The van der Waals surface area contributed by atoms with E-state index in [1.807, 2.05) is 24.3 Å². The van der Waals surface area contributed by atoms with Crippen LogP contribution in [0.2, 0.25) is 15.1 Å². The molecular weight excluding hydrogens is 1400 g/mol. The van der Waals surface area contributed by atoms with E-state index >= 15 is 13.2 Å². The topological polar surface area (TPSA) is 270 Å². The number of fused-ring (bicyclic) bond motifs is 3. The van der Waals surface area contributed by atoms with Crippen LogP contribution >= 0.6 is 81.2 Å². The van der Waals surface area contributed by atoms with E-state index in [1.165, 1.54) is 46.1 Å². The Balaban J connectivity index is 0.000000172. The summed E-state index contributed by atoms with van der Waals surface area (Å²) in [7, 11) is 0. The first-order chi connectivity index (χ1) is 46.0. The number of rotatable bonds is 13. The van der Waals surface area contributed by atoms with Gasteiger partial charge >= 0.3 is 18.2 Å². The number of ether oxygens (including phenoxy) is 2. The minimum atomic E-state index is -1.03. The number of nitrogen functional groups attached to an aromatic ring is 2. The van der Waals surface area contributed by atoms with Crippen molar-refractivity contribution >= 4 is 163 Å². The molecule has 0 spiro atoms. The summed E-state index contributed by atoms with van der Waals surface area (Å²) in [6.45, 7) is 10.6. The molecule has 0 aliphatic heterocycles. The van der Waals surface area contributed by atoms with E-state index in [0.717, 1.165) is 26.1 Å². The van der Waals surface area contributed by atoms with Crippen molar-refractivity contribution in [3.05, 3.63) is 235 Å². The van der Waals surface area contributed by atoms with Gasteiger partial charge in [0.25, 0.3) is 0 Å². The third-order valence-corrected chi connectivity index (χ3v) is 17.6. The number of hydrogen-bond donors (Lipinski definition) is 8. The molecule has 0 aliphatic carbocycles. The van der Waals surface area contributed by atoms with Gasteiger partial charge in [-0.15, -0.1) is 12.4 Å². The van der Waals surface area contributed by atoms with Gasteiger partial charge in [-0.05, 0) is 170 Å². The highest BCUT2D eigenvalue weighted by Crippen LogP contribution is 2.43. The smallest absolute Gasteiger partial charge is 0.413 e. The van der Waals surface area contributed by atoms with Gasteiger partial charge in [-0.2, -0.15) is 5.23 Å². The van der Waals surface area contributed by atoms with E-state index in [4.69, 9.17) is 66.7 Å². The summed E-state index contributed by atoms with van der Waals surface area (Å²) in [5, 5.41) is 29.5. The highest BCUT2D eigenvalue weighted by atomic mass is 35.5. The molecule has 12 rings (SSSR count). The van der Waals surface area contributed by atoms with Crippen LogP contribution in [0.25, 0.3) is 64.0 Å². The number of hydrogen-bond acceptors (Lipinski definition) is 15. The molecule has 17 nitrogen and oxygen atoms in total. The number of halogens is 7. The maximum atomic E-state index is 15.9. The second kappa shape index (κ2) is 31.2. The number of urea groups is 1. The summed E-state index contributed by atoms with van der Waals surface area (Å²) in [5.41, 5.74) is 25.0. The Morgan fingerprint density at radius 2 is 0.867 bits per heavy atom. The van der Waals surface area contributed by atoms with E-state index in [1.54, 1.807) is 169 Å². The van der Waals surface area contributed by atoms with Crippen molar-refractivity contribution in [2.75, 3.05) is 27.4 Å². The summed E-state index contributed by atoms with van der Waals surface area (Å²) < 4.78 is 60.2. The van der Waals surface area contributed by atoms with Crippen molar-refractivity contribution in [2.45, 2.75) is 72.0 Å². The molecule has 0 aliphatic rings. The largest absolute Gasteiger partial charge is 0.595 e. The Morgan fingerprint density at radius 1 is 0.520 bits per heavy atom. The Morgan fingerprint density at radius 3 is 1.21 bits per heavy atom. The molecule has 3 heterocycles. The van der Waals surface area contributed by atoms with Crippen LogP contribution in [0.5, 0.6) is 0 Å². The van der Waals surface area contributed by atoms with E-state index in [0.29, 0.717) is 115 Å². The lowest BCUT2D eigenvalue weighted by Crippen LogP contribution is -2.99. The van der Waals surface area contributed by atoms with Crippen LogP contribution in [-0.4, -0.2) is 49.6 Å².